The summed E-state index contributed by atoms with van der Waals surface area (Å²) in [7, 11) is 2.95. The molecule has 0 aliphatic rings. The quantitative estimate of drug-likeness (QED) is 0.717. The van der Waals surface area contributed by atoms with Gasteiger partial charge in [0.25, 0.3) is 0 Å². The first kappa shape index (κ1) is 11.5. The van der Waals surface area contributed by atoms with Gasteiger partial charge in [-0.25, -0.2) is 4.39 Å². The average Bonchev–Trinajstić information content (AvgIpc) is 2.28. The first-order valence-electron chi connectivity index (χ1n) is 4.43. The summed E-state index contributed by atoms with van der Waals surface area (Å²) in [5.41, 5.74) is -1.75. The summed E-state index contributed by atoms with van der Waals surface area (Å²) in [4.78, 5) is 10.5. The van der Waals surface area contributed by atoms with Crippen molar-refractivity contribution in [3.8, 4) is 11.5 Å². The number of carbonyl (C=O) groups is 1. The van der Waals surface area contributed by atoms with Crippen LogP contribution >= 0.6 is 0 Å². The maximum Gasteiger partial charge on any atom is 0.188 e. The number of methoxy groups -OCH3 is 2. The first-order valence-corrected chi connectivity index (χ1v) is 4.43. The Morgan fingerprint density at radius 1 is 1.27 bits per heavy atom. The highest BCUT2D eigenvalue weighted by Crippen LogP contribution is 2.32. The molecule has 1 rings (SSSR count). The van der Waals surface area contributed by atoms with E-state index in [1.54, 1.807) is 6.07 Å². The van der Waals surface area contributed by atoms with E-state index in [9.17, 15) is 9.18 Å². The van der Waals surface area contributed by atoms with Crippen LogP contribution in [-0.4, -0.2) is 20.5 Å². The monoisotopic (exact) mass is 212 g/mol. The van der Waals surface area contributed by atoms with E-state index in [0.29, 0.717) is 11.5 Å². The maximum atomic E-state index is 13.6. The predicted molar refractivity (Wildman–Crippen MR) is 54.1 cm³/mol. The van der Waals surface area contributed by atoms with Crippen LogP contribution in [0.2, 0.25) is 0 Å². The summed E-state index contributed by atoms with van der Waals surface area (Å²) in [6, 6.07) is 4.51. The Kier molecular flexibility index (Phi) is 3.29. The van der Waals surface area contributed by atoms with E-state index in [2.05, 4.69) is 0 Å². The average molecular weight is 212 g/mol. The van der Waals surface area contributed by atoms with Gasteiger partial charge in [-0.3, -0.25) is 4.79 Å². The number of rotatable bonds is 4. The Hall–Kier alpha value is -1.58. The largest absolute Gasteiger partial charge is 0.493 e. The predicted octanol–water partition coefficient (Wildman–Crippen LogP) is 2.09. The third-order valence-corrected chi connectivity index (χ3v) is 2.17. The minimum absolute atomic E-state index is 0.246. The number of ether oxygens (including phenoxy) is 2. The van der Waals surface area contributed by atoms with Crippen LogP contribution in [-0.2, 0) is 10.5 Å². The third-order valence-electron chi connectivity index (χ3n) is 2.17. The van der Waals surface area contributed by atoms with E-state index in [-0.39, 0.29) is 11.8 Å². The Bertz CT molecular complexity index is 361. The fourth-order valence-corrected chi connectivity index (χ4v) is 1.21. The summed E-state index contributed by atoms with van der Waals surface area (Å²) >= 11 is 0. The van der Waals surface area contributed by atoms with Crippen LogP contribution in [0.1, 0.15) is 12.5 Å². The van der Waals surface area contributed by atoms with Crippen molar-refractivity contribution in [1.82, 2.24) is 0 Å². The number of alkyl halides is 1. The molecule has 0 heterocycles. The molecular weight excluding hydrogens is 199 g/mol. The molecule has 82 valence electrons. The van der Waals surface area contributed by atoms with Crippen molar-refractivity contribution in [3.05, 3.63) is 23.8 Å². The van der Waals surface area contributed by atoms with Crippen LogP contribution in [0.5, 0.6) is 11.5 Å². The van der Waals surface area contributed by atoms with Crippen LogP contribution in [0, 0.1) is 0 Å². The van der Waals surface area contributed by atoms with Crippen molar-refractivity contribution in [1.29, 1.82) is 0 Å². The standard InChI is InChI=1S/C11H13FO3/c1-11(12,7-13)8-4-5-9(14-2)10(6-8)15-3/h4-7H,1-3H3. The molecule has 3 nitrogen and oxygen atoms in total. The van der Waals surface area contributed by atoms with E-state index in [1.807, 2.05) is 0 Å². The number of benzene rings is 1. The fraction of sp³-hybridized carbons (Fsp3) is 0.364. The summed E-state index contributed by atoms with van der Waals surface area (Å²) in [5.74, 6) is 0.906. The number of carbonyl (C=O) groups excluding carboxylic acids is 1. The third kappa shape index (κ3) is 2.26. The lowest BCUT2D eigenvalue weighted by molar-refractivity contribution is -0.117. The van der Waals surface area contributed by atoms with Crippen molar-refractivity contribution in [2.75, 3.05) is 14.2 Å². The summed E-state index contributed by atoms with van der Waals surface area (Å²) in [6.45, 7) is 1.20. The molecule has 1 atom stereocenters. The van der Waals surface area contributed by atoms with Gasteiger partial charge in [0.05, 0.1) is 14.2 Å². The van der Waals surface area contributed by atoms with Gasteiger partial charge in [-0.1, -0.05) is 6.07 Å². The lowest BCUT2D eigenvalue weighted by atomic mass is 9.99. The van der Waals surface area contributed by atoms with Crippen LogP contribution in [0.15, 0.2) is 18.2 Å². The smallest absolute Gasteiger partial charge is 0.188 e. The summed E-state index contributed by atoms with van der Waals surface area (Å²) < 4.78 is 23.7. The molecule has 0 radical (unpaired) electrons. The molecule has 4 heteroatoms. The molecule has 0 aliphatic heterocycles. The van der Waals surface area contributed by atoms with E-state index in [4.69, 9.17) is 9.47 Å². The van der Waals surface area contributed by atoms with Gasteiger partial charge in [-0.15, -0.1) is 0 Å². The molecule has 0 aromatic heterocycles. The van der Waals surface area contributed by atoms with Crippen LogP contribution in [0.4, 0.5) is 4.39 Å². The molecule has 0 amide bonds. The normalized spacial score (nSPS) is 14.1. The lowest BCUT2D eigenvalue weighted by Gasteiger charge is -2.15. The number of aldehydes is 1. The van der Waals surface area contributed by atoms with Crippen LogP contribution < -0.4 is 9.47 Å². The van der Waals surface area contributed by atoms with Crippen molar-refractivity contribution < 1.29 is 18.7 Å². The molecule has 1 aromatic rings. The summed E-state index contributed by atoms with van der Waals surface area (Å²) in [6.07, 6.45) is 0.258. The van der Waals surface area contributed by atoms with Crippen molar-refractivity contribution >= 4 is 6.29 Å². The first-order chi connectivity index (χ1) is 7.05. The van der Waals surface area contributed by atoms with Crippen LogP contribution in [0.3, 0.4) is 0 Å². The Labute approximate surface area is 87.8 Å². The van der Waals surface area contributed by atoms with Gasteiger partial charge in [-0.2, -0.15) is 0 Å². The van der Waals surface area contributed by atoms with Gasteiger partial charge in [0, 0.05) is 0 Å². The Balaban J connectivity index is 3.19. The van der Waals surface area contributed by atoms with Gasteiger partial charge in [0.1, 0.15) is 0 Å². The second-order valence-corrected chi connectivity index (χ2v) is 3.26. The van der Waals surface area contributed by atoms with Crippen molar-refractivity contribution in [3.63, 3.8) is 0 Å². The molecule has 0 saturated heterocycles. The number of hydrogen-bond donors (Lipinski definition) is 0. The highest BCUT2D eigenvalue weighted by Gasteiger charge is 2.26. The number of hydrogen-bond acceptors (Lipinski definition) is 3. The maximum absolute atomic E-state index is 13.6. The molecule has 0 aliphatic carbocycles. The van der Waals surface area contributed by atoms with E-state index in [0.717, 1.165) is 0 Å². The van der Waals surface area contributed by atoms with Gasteiger partial charge < -0.3 is 9.47 Å². The number of halogens is 1. The van der Waals surface area contributed by atoms with Gasteiger partial charge >= 0.3 is 0 Å². The minimum Gasteiger partial charge on any atom is -0.493 e. The lowest BCUT2D eigenvalue weighted by Crippen LogP contribution is -2.16. The van der Waals surface area contributed by atoms with Crippen molar-refractivity contribution in [2.24, 2.45) is 0 Å². The molecule has 0 fully saturated rings. The molecule has 1 unspecified atom stereocenters. The second-order valence-electron chi connectivity index (χ2n) is 3.26. The van der Waals surface area contributed by atoms with Gasteiger partial charge in [0.2, 0.25) is 0 Å². The second kappa shape index (κ2) is 4.29. The minimum atomic E-state index is -2.00. The van der Waals surface area contributed by atoms with E-state index < -0.39 is 5.67 Å². The molecule has 0 N–H and O–H groups in total. The molecule has 0 saturated carbocycles. The highest BCUT2D eigenvalue weighted by atomic mass is 19.1. The molecule has 15 heavy (non-hydrogen) atoms. The SMILES string of the molecule is COc1ccc(C(C)(F)C=O)cc1OC. The molecule has 0 bridgehead atoms. The Morgan fingerprint density at radius 2 is 1.87 bits per heavy atom. The molecular formula is C11H13FO3. The van der Waals surface area contributed by atoms with Crippen LogP contribution in [0.25, 0.3) is 0 Å². The zero-order valence-electron chi connectivity index (χ0n) is 8.91. The Morgan fingerprint density at radius 3 is 2.33 bits per heavy atom. The fourth-order valence-electron chi connectivity index (χ4n) is 1.21. The molecule has 0 spiro atoms. The van der Waals surface area contributed by atoms with E-state index in [1.165, 1.54) is 33.3 Å². The zero-order valence-corrected chi connectivity index (χ0v) is 8.91. The highest BCUT2D eigenvalue weighted by molar-refractivity contribution is 5.66. The van der Waals surface area contributed by atoms with Gasteiger partial charge in [-0.05, 0) is 24.6 Å². The summed E-state index contributed by atoms with van der Waals surface area (Å²) in [5, 5.41) is 0. The zero-order chi connectivity index (χ0) is 11.5. The van der Waals surface area contributed by atoms with E-state index >= 15 is 0 Å². The molecule has 1 aromatic carbocycles. The van der Waals surface area contributed by atoms with Crippen molar-refractivity contribution in [2.45, 2.75) is 12.6 Å². The van der Waals surface area contributed by atoms with Gasteiger partial charge in [0.15, 0.2) is 23.5 Å². The topological polar surface area (TPSA) is 35.5 Å².